The SMILES string of the molecule is CN1CCCC1CNC(=O)c1nnn(-c2ccccc2)c1C1CC1. The zero-order valence-corrected chi connectivity index (χ0v) is 14.0. The van der Waals surface area contributed by atoms with Gasteiger partial charge in [0, 0.05) is 18.5 Å². The molecule has 1 aromatic heterocycles. The molecule has 2 aromatic rings. The molecular weight excluding hydrogens is 302 g/mol. The van der Waals surface area contributed by atoms with Crippen LogP contribution in [-0.2, 0) is 0 Å². The van der Waals surface area contributed by atoms with Crippen LogP contribution in [0.2, 0.25) is 0 Å². The van der Waals surface area contributed by atoms with Gasteiger partial charge in [-0.3, -0.25) is 4.79 Å². The first-order valence-corrected chi connectivity index (χ1v) is 8.73. The van der Waals surface area contributed by atoms with E-state index in [1.807, 2.05) is 35.0 Å². The van der Waals surface area contributed by atoms with Gasteiger partial charge in [0.25, 0.3) is 5.91 Å². The summed E-state index contributed by atoms with van der Waals surface area (Å²) in [6, 6.07) is 10.4. The number of carbonyl (C=O) groups is 1. The molecule has 1 saturated heterocycles. The van der Waals surface area contributed by atoms with Crippen molar-refractivity contribution in [1.29, 1.82) is 0 Å². The van der Waals surface area contributed by atoms with E-state index in [1.54, 1.807) is 0 Å². The molecule has 1 aromatic carbocycles. The number of benzene rings is 1. The minimum Gasteiger partial charge on any atom is -0.349 e. The maximum absolute atomic E-state index is 12.7. The predicted octanol–water partition coefficient (Wildman–Crippen LogP) is 1.97. The molecule has 0 bridgehead atoms. The first kappa shape index (κ1) is 15.3. The van der Waals surface area contributed by atoms with Crippen LogP contribution in [0.25, 0.3) is 5.69 Å². The van der Waals surface area contributed by atoms with Crippen molar-refractivity contribution in [3.8, 4) is 5.69 Å². The van der Waals surface area contributed by atoms with Crippen molar-refractivity contribution in [2.45, 2.75) is 37.6 Å². The molecule has 6 heteroatoms. The Hall–Kier alpha value is -2.21. The lowest BCUT2D eigenvalue weighted by atomic mass is 10.2. The maximum atomic E-state index is 12.7. The summed E-state index contributed by atoms with van der Waals surface area (Å²) in [6.45, 7) is 1.79. The molecule has 24 heavy (non-hydrogen) atoms. The summed E-state index contributed by atoms with van der Waals surface area (Å²) in [5.41, 5.74) is 2.40. The topological polar surface area (TPSA) is 63.1 Å². The number of rotatable bonds is 5. The van der Waals surface area contributed by atoms with Crippen LogP contribution in [0, 0.1) is 0 Å². The number of amides is 1. The highest BCUT2D eigenvalue weighted by Gasteiger charge is 2.34. The zero-order chi connectivity index (χ0) is 16.5. The van der Waals surface area contributed by atoms with E-state index in [9.17, 15) is 4.79 Å². The number of para-hydroxylation sites is 1. The van der Waals surface area contributed by atoms with Gasteiger partial charge in [-0.25, -0.2) is 4.68 Å². The Balaban J connectivity index is 1.54. The monoisotopic (exact) mass is 325 g/mol. The minimum absolute atomic E-state index is 0.0978. The van der Waals surface area contributed by atoms with Gasteiger partial charge < -0.3 is 10.2 Å². The molecule has 2 fully saturated rings. The molecule has 6 nitrogen and oxygen atoms in total. The molecule has 2 aliphatic rings. The highest BCUT2D eigenvalue weighted by Crippen LogP contribution is 2.41. The van der Waals surface area contributed by atoms with Crippen LogP contribution >= 0.6 is 0 Å². The highest BCUT2D eigenvalue weighted by atomic mass is 16.2. The van der Waals surface area contributed by atoms with Crippen molar-refractivity contribution in [3.63, 3.8) is 0 Å². The van der Waals surface area contributed by atoms with Crippen molar-refractivity contribution in [2.24, 2.45) is 0 Å². The Kier molecular flexibility index (Phi) is 4.06. The third-order valence-corrected chi connectivity index (χ3v) is 5.05. The number of carbonyl (C=O) groups excluding carboxylic acids is 1. The Morgan fingerprint density at radius 2 is 2.04 bits per heavy atom. The molecule has 126 valence electrons. The summed E-state index contributed by atoms with van der Waals surface area (Å²) in [6.07, 6.45) is 4.55. The summed E-state index contributed by atoms with van der Waals surface area (Å²) >= 11 is 0. The van der Waals surface area contributed by atoms with Crippen molar-refractivity contribution in [1.82, 2.24) is 25.2 Å². The largest absolute Gasteiger partial charge is 0.349 e. The normalized spacial score (nSPS) is 21.1. The average Bonchev–Trinajstić information content (AvgIpc) is 3.21. The van der Waals surface area contributed by atoms with Crippen molar-refractivity contribution < 1.29 is 4.79 Å². The summed E-state index contributed by atoms with van der Waals surface area (Å²) in [4.78, 5) is 15.0. The van der Waals surface area contributed by atoms with Gasteiger partial charge in [-0.05, 0) is 51.4 Å². The Morgan fingerprint density at radius 3 is 2.71 bits per heavy atom. The highest BCUT2D eigenvalue weighted by molar-refractivity contribution is 5.93. The Morgan fingerprint density at radius 1 is 1.25 bits per heavy atom. The van der Waals surface area contributed by atoms with Crippen LogP contribution in [0.1, 0.15) is 47.8 Å². The molecule has 4 rings (SSSR count). The Bertz CT molecular complexity index is 722. The van der Waals surface area contributed by atoms with Crippen molar-refractivity contribution in [2.75, 3.05) is 20.1 Å². The number of hydrogen-bond donors (Lipinski definition) is 1. The minimum atomic E-state index is -0.0978. The quantitative estimate of drug-likeness (QED) is 0.913. The smallest absolute Gasteiger partial charge is 0.273 e. The van der Waals surface area contributed by atoms with Gasteiger partial charge in [0.1, 0.15) is 0 Å². The molecule has 0 spiro atoms. The van der Waals surface area contributed by atoms with E-state index in [1.165, 1.54) is 6.42 Å². The lowest BCUT2D eigenvalue weighted by Crippen LogP contribution is -2.38. The fraction of sp³-hybridized carbons (Fsp3) is 0.500. The van der Waals surface area contributed by atoms with Crippen LogP contribution in [-0.4, -0.2) is 52.0 Å². The van der Waals surface area contributed by atoms with E-state index in [2.05, 4.69) is 27.6 Å². The second kappa shape index (κ2) is 6.36. The second-order valence-corrected chi connectivity index (χ2v) is 6.83. The fourth-order valence-electron chi connectivity index (χ4n) is 3.47. The average molecular weight is 325 g/mol. The number of likely N-dealkylation sites (tertiary alicyclic amines) is 1. The summed E-state index contributed by atoms with van der Waals surface area (Å²) < 4.78 is 1.83. The van der Waals surface area contributed by atoms with Crippen LogP contribution in [0.5, 0.6) is 0 Å². The van der Waals surface area contributed by atoms with Crippen molar-refractivity contribution >= 4 is 5.91 Å². The van der Waals surface area contributed by atoms with Gasteiger partial charge in [-0.15, -0.1) is 5.10 Å². The first-order chi connectivity index (χ1) is 11.7. The van der Waals surface area contributed by atoms with Crippen LogP contribution in [0.3, 0.4) is 0 Å². The molecule has 1 amide bonds. The standard InChI is InChI=1S/C18H23N5O/c1-22-11-5-8-15(22)12-19-18(24)16-17(13-9-10-13)23(21-20-16)14-6-3-2-4-7-14/h2-4,6-7,13,15H,5,8-12H2,1H3,(H,19,24). The molecule has 1 atom stereocenters. The molecule has 1 saturated carbocycles. The predicted molar refractivity (Wildman–Crippen MR) is 91.3 cm³/mol. The van der Waals surface area contributed by atoms with Crippen LogP contribution in [0.4, 0.5) is 0 Å². The van der Waals surface area contributed by atoms with E-state index in [-0.39, 0.29) is 5.91 Å². The summed E-state index contributed by atoms with van der Waals surface area (Å²) in [7, 11) is 2.12. The van der Waals surface area contributed by atoms with Gasteiger partial charge in [0.15, 0.2) is 5.69 Å². The van der Waals surface area contributed by atoms with E-state index in [0.717, 1.165) is 37.2 Å². The van der Waals surface area contributed by atoms with Crippen molar-refractivity contribution in [3.05, 3.63) is 41.7 Å². The summed E-state index contributed by atoms with van der Waals surface area (Å²) in [5, 5.41) is 11.5. The maximum Gasteiger partial charge on any atom is 0.273 e. The molecule has 1 unspecified atom stereocenters. The lowest BCUT2D eigenvalue weighted by Gasteiger charge is -2.19. The second-order valence-electron chi connectivity index (χ2n) is 6.83. The van der Waals surface area contributed by atoms with Gasteiger partial charge in [0.2, 0.25) is 0 Å². The summed E-state index contributed by atoms with van der Waals surface area (Å²) in [5.74, 6) is 0.300. The molecule has 2 heterocycles. The molecule has 1 aliphatic heterocycles. The molecule has 1 N–H and O–H groups in total. The van der Waals surface area contributed by atoms with Crippen LogP contribution in [0.15, 0.2) is 30.3 Å². The fourth-order valence-corrected chi connectivity index (χ4v) is 3.47. The number of aromatic nitrogens is 3. The van der Waals surface area contributed by atoms with E-state index >= 15 is 0 Å². The number of nitrogens with one attached hydrogen (secondary N) is 1. The van der Waals surface area contributed by atoms with E-state index in [0.29, 0.717) is 24.2 Å². The van der Waals surface area contributed by atoms with Gasteiger partial charge in [-0.2, -0.15) is 0 Å². The molecular formula is C18H23N5O. The number of hydrogen-bond acceptors (Lipinski definition) is 4. The zero-order valence-electron chi connectivity index (χ0n) is 14.0. The van der Waals surface area contributed by atoms with Crippen LogP contribution < -0.4 is 5.32 Å². The lowest BCUT2D eigenvalue weighted by molar-refractivity contribution is 0.0937. The van der Waals surface area contributed by atoms with Gasteiger partial charge >= 0.3 is 0 Å². The molecule has 0 radical (unpaired) electrons. The van der Waals surface area contributed by atoms with Gasteiger partial charge in [-0.1, -0.05) is 23.4 Å². The third-order valence-electron chi connectivity index (χ3n) is 5.05. The number of likely N-dealkylation sites (N-methyl/N-ethyl adjacent to an activating group) is 1. The van der Waals surface area contributed by atoms with E-state index < -0.39 is 0 Å². The number of nitrogens with zero attached hydrogens (tertiary/aromatic N) is 4. The van der Waals surface area contributed by atoms with Gasteiger partial charge in [0.05, 0.1) is 11.4 Å². The third kappa shape index (κ3) is 2.94. The first-order valence-electron chi connectivity index (χ1n) is 8.73. The Labute approximate surface area is 141 Å². The molecule has 1 aliphatic carbocycles. The van der Waals surface area contributed by atoms with E-state index in [4.69, 9.17) is 0 Å².